The van der Waals surface area contributed by atoms with Crippen LogP contribution in [0, 0.1) is 22.9 Å². The summed E-state index contributed by atoms with van der Waals surface area (Å²) in [7, 11) is 0.817. The fourth-order valence-electron chi connectivity index (χ4n) is 5.49. The van der Waals surface area contributed by atoms with Crippen LogP contribution < -0.4 is 5.32 Å². The fraction of sp³-hybridized carbons (Fsp3) is 0.440. The van der Waals surface area contributed by atoms with Gasteiger partial charge in [0.2, 0.25) is 5.91 Å². The molecule has 11 heteroatoms. The Balaban J connectivity index is 1.65. The van der Waals surface area contributed by atoms with Crippen molar-refractivity contribution >= 4 is 11.8 Å². The van der Waals surface area contributed by atoms with Gasteiger partial charge in [0.05, 0.1) is 0 Å². The maximum atomic E-state index is 14.7. The lowest BCUT2D eigenvalue weighted by Crippen LogP contribution is -2.60. The van der Waals surface area contributed by atoms with Crippen LogP contribution in [0.15, 0.2) is 42.5 Å². The summed E-state index contributed by atoms with van der Waals surface area (Å²) in [4.78, 5) is 26.7. The van der Waals surface area contributed by atoms with Gasteiger partial charge in [-0.15, -0.1) is 0 Å². The third-order valence-electron chi connectivity index (χ3n) is 7.43. The van der Waals surface area contributed by atoms with Crippen LogP contribution in [0.25, 0.3) is 0 Å². The van der Waals surface area contributed by atoms with Gasteiger partial charge in [-0.25, -0.2) is 13.2 Å². The van der Waals surface area contributed by atoms with Crippen molar-refractivity contribution in [3.8, 4) is 0 Å². The second-order valence-corrected chi connectivity index (χ2v) is 9.20. The van der Waals surface area contributed by atoms with Crippen molar-refractivity contribution in [3.05, 3.63) is 71.0 Å². The van der Waals surface area contributed by atoms with E-state index in [1.165, 1.54) is 18.2 Å². The molecule has 36 heavy (non-hydrogen) atoms. The van der Waals surface area contributed by atoms with Crippen molar-refractivity contribution < 1.29 is 40.7 Å². The number of rotatable bonds is 4. The number of hydrogen-bond donors (Lipinski definition) is 1. The van der Waals surface area contributed by atoms with Crippen LogP contribution in [0.1, 0.15) is 36.3 Å². The molecule has 2 aromatic rings. The van der Waals surface area contributed by atoms with E-state index in [2.05, 4.69) is 5.32 Å². The Kier molecular flexibility index (Phi) is 6.80. The maximum absolute atomic E-state index is 14.7. The van der Waals surface area contributed by atoms with E-state index in [-0.39, 0.29) is 55.9 Å². The molecular weight excluding hydrogens is 490 g/mol. The molecule has 2 atom stereocenters. The van der Waals surface area contributed by atoms with E-state index in [1.54, 1.807) is 0 Å². The van der Waals surface area contributed by atoms with Gasteiger partial charge < -0.3 is 15.0 Å². The molecule has 0 aromatic heterocycles. The molecule has 4 rings (SSSR count). The van der Waals surface area contributed by atoms with Crippen LogP contribution in [0.4, 0.5) is 26.3 Å². The van der Waals surface area contributed by atoms with Crippen LogP contribution in [0.3, 0.4) is 0 Å². The van der Waals surface area contributed by atoms with Crippen molar-refractivity contribution in [3.63, 3.8) is 0 Å². The standard InChI is InChI=1S/C25H24F6N2O3/c1-36-24(25(29,30)31,15-5-3-2-4-6-15)22(35)33-11-9-23(10-12-33)13-19(34)32-14-17(23)16-7-8-18(26)21(28)20(16)27/h2-8,17H,9-14H2,1H3,(H,32,34)/t17-,24+/m0/s1. The van der Waals surface area contributed by atoms with Crippen LogP contribution in [0.5, 0.6) is 0 Å². The Morgan fingerprint density at radius 3 is 2.25 bits per heavy atom. The van der Waals surface area contributed by atoms with Gasteiger partial charge in [-0.2, -0.15) is 13.2 Å². The summed E-state index contributed by atoms with van der Waals surface area (Å²) in [6.45, 7) is -0.382. The summed E-state index contributed by atoms with van der Waals surface area (Å²) >= 11 is 0. The van der Waals surface area contributed by atoms with E-state index < -0.39 is 46.5 Å². The number of nitrogens with zero attached hydrogens (tertiary/aromatic N) is 1. The first-order valence-corrected chi connectivity index (χ1v) is 11.3. The van der Waals surface area contributed by atoms with Gasteiger partial charge in [-0.3, -0.25) is 9.59 Å². The molecule has 2 heterocycles. The average molecular weight is 514 g/mol. The molecule has 2 saturated heterocycles. The van der Waals surface area contributed by atoms with Crippen molar-refractivity contribution in [2.45, 2.75) is 37.0 Å². The number of amides is 2. The SMILES string of the molecule is CO[C@@](C(=O)N1CCC2(CC1)CC(=O)NC[C@H]2c1ccc(F)c(F)c1F)(c1ccccc1)C(F)(F)F. The highest BCUT2D eigenvalue weighted by Gasteiger charge is 2.64. The van der Waals surface area contributed by atoms with Gasteiger partial charge in [-0.05, 0) is 29.9 Å². The van der Waals surface area contributed by atoms with Crippen LogP contribution in [-0.4, -0.2) is 49.6 Å². The van der Waals surface area contributed by atoms with E-state index in [4.69, 9.17) is 4.74 Å². The van der Waals surface area contributed by atoms with Gasteiger partial charge in [0, 0.05) is 44.6 Å². The molecule has 1 N–H and O–H groups in total. The van der Waals surface area contributed by atoms with Crippen molar-refractivity contribution in [1.82, 2.24) is 10.2 Å². The molecule has 2 aromatic carbocycles. The topological polar surface area (TPSA) is 58.6 Å². The minimum absolute atomic E-state index is 0.0522. The average Bonchev–Trinajstić information content (AvgIpc) is 2.84. The Hall–Kier alpha value is -3.08. The second kappa shape index (κ2) is 9.42. The molecule has 0 radical (unpaired) electrons. The summed E-state index contributed by atoms with van der Waals surface area (Å²) < 4.78 is 90.0. The lowest BCUT2D eigenvalue weighted by Gasteiger charge is -2.50. The number of hydrogen-bond acceptors (Lipinski definition) is 3. The fourth-order valence-corrected chi connectivity index (χ4v) is 5.49. The number of methoxy groups -OCH3 is 1. The number of alkyl halides is 3. The highest BCUT2D eigenvalue weighted by Crippen LogP contribution is 2.51. The number of halogens is 6. The summed E-state index contributed by atoms with van der Waals surface area (Å²) in [6.07, 6.45) is -5.05. The lowest BCUT2D eigenvalue weighted by atomic mass is 9.62. The Bertz CT molecular complexity index is 1150. The van der Waals surface area contributed by atoms with E-state index in [0.717, 1.165) is 36.3 Å². The minimum atomic E-state index is -5.07. The molecule has 2 aliphatic rings. The molecule has 0 saturated carbocycles. The summed E-state index contributed by atoms with van der Waals surface area (Å²) in [6, 6.07) is 8.49. The lowest BCUT2D eigenvalue weighted by molar-refractivity contribution is -0.271. The van der Waals surface area contributed by atoms with E-state index >= 15 is 0 Å². The molecule has 0 bridgehead atoms. The second-order valence-electron chi connectivity index (χ2n) is 9.20. The predicted octanol–water partition coefficient (Wildman–Crippen LogP) is 4.42. The summed E-state index contributed by atoms with van der Waals surface area (Å²) in [5.41, 5.74) is -4.68. The number of piperidine rings is 2. The highest BCUT2D eigenvalue weighted by atomic mass is 19.4. The van der Waals surface area contributed by atoms with Gasteiger partial charge in [0.1, 0.15) is 0 Å². The number of ether oxygens (including phenoxy) is 1. The van der Waals surface area contributed by atoms with Crippen molar-refractivity contribution in [2.24, 2.45) is 5.41 Å². The van der Waals surface area contributed by atoms with Gasteiger partial charge in [-0.1, -0.05) is 36.4 Å². The highest BCUT2D eigenvalue weighted by molar-refractivity contribution is 5.88. The Morgan fingerprint density at radius 1 is 1.03 bits per heavy atom. The number of carbonyl (C=O) groups is 2. The van der Waals surface area contributed by atoms with Gasteiger partial charge in [0.25, 0.3) is 11.5 Å². The largest absolute Gasteiger partial charge is 0.430 e. The van der Waals surface area contributed by atoms with Crippen LogP contribution in [0.2, 0.25) is 0 Å². The monoisotopic (exact) mass is 514 g/mol. The first-order valence-electron chi connectivity index (χ1n) is 11.3. The van der Waals surface area contributed by atoms with Crippen LogP contribution >= 0.6 is 0 Å². The Morgan fingerprint density at radius 2 is 1.67 bits per heavy atom. The minimum Gasteiger partial charge on any atom is -0.356 e. The molecule has 1 spiro atoms. The smallest absolute Gasteiger partial charge is 0.356 e. The number of nitrogens with one attached hydrogen (secondary N) is 1. The van der Waals surface area contributed by atoms with E-state index in [0.29, 0.717) is 0 Å². The zero-order valence-corrected chi connectivity index (χ0v) is 19.3. The van der Waals surface area contributed by atoms with Crippen molar-refractivity contribution in [1.29, 1.82) is 0 Å². The maximum Gasteiger partial charge on any atom is 0.430 e. The molecule has 5 nitrogen and oxygen atoms in total. The van der Waals surface area contributed by atoms with E-state index in [9.17, 15) is 35.9 Å². The van der Waals surface area contributed by atoms with Crippen LogP contribution in [-0.2, 0) is 19.9 Å². The third kappa shape index (κ3) is 4.12. The first-order chi connectivity index (χ1) is 17.0. The summed E-state index contributed by atoms with van der Waals surface area (Å²) in [5, 5.41) is 2.60. The molecule has 2 aliphatic heterocycles. The first kappa shape index (κ1) is 26.0. The third-order valence-corrected chi connectivity index (χ3v) is 7.43. The number of carbonyl (C=O) groups excluding carboxylic acids is 2. The number of likely N-dealkylation sites (tertiary alicyclic amines) is 1. The molecular formula is C25H24F6N2O3. The molecule has 0 unspecified atom stereocenters. The number of benzene rings is 2. The van der Waals surface area contributed by atoms with Gasteiger partial charge >= 0.3 is 6.18 Å². The molecule has 2 fully saturated rings. The molecule has 2 amide bonds. The Labute approximate surface area is 203 Å². The van der Waals surface area contributed by atoms with E-state index in [1.807, 2.05) is 0 Å². The summed E-state index contributed by atoms with van der Waals surface area (Å²) in [5.74, 6) is -6.76. The predicted molar refractivity (Wildman–Crippen MR) is 116 cm³/mol. The van der Waals surface area contributed by atoms with Crippen molar-refractivity contribution in [2.75, 3.05) is 26.7 Å². The van der Waals surface area contributed by atoms with Gasteiger partial charge in [0.15, 0.2) is 17.5 Å². The molecule has 194 valence electrons. The normalized spacial score (nSPS) is 21.7. The quantitative estimate of drug-likeness (QED) is 0.486. The molecule has 0 aliphatic carbocycles. The zero-order valence-electron chi connectivity index (χ0n) is 19.3. The zero-order chi connectivity index (χ0) is 26.3.